The van der Waals surface area contributed by atoms with Gasteiger partial charge in [-0.05, 0) is 56.4 Å². The Morgan fingerprint density at radius 2 is 2.00 bits per heavy atom. The molecule has 3 aliphatic rings. The molecular formula is C14H26N2O2S. The van der Waals surface area contributed by atoms with Crippen LogP contribution >= 0.6 is 0 Å². The minimum absolute atomic E-state index is 0.159. The van der Waals surface area contributed by atoms with Crippen molar-refractivity contribution >= 4 is 10.0 Å². The standard InChI is InChI=1S/C14H26N2O2S/c17-19(18,10-14-3-1-2-6-15-14)16-9-13-8-11-4-5-12(13)7-11/h11-16H,1-10H2. The van der Waals surface area contributed by atoms with E-state index in [0.717, 1.165) is 31.2 Å². The summed E-state index contributed by atoms with van der Waals surface area (Å²) in [7, 11) is -3.10. The Balaban J connectivity index is 1.45. The smallest absolute Gasteiger partial charge is 0.213 e. The fourth-order valence-electron chi connectivity index (χ4n) is 4.25. The van der Waals surface area contributed by atoms with Crippen LogP contribution < -0.4 is 10.0 Å². The van der Waals surface area contributed by atoms with E-state index in [1.165, 1.54) is 32.1 Å². The van der Waals surface area contributed by atoms with E-state index in [0.29, 0.717) is 12.5 Å². The molecule has 3 fully saturated rings. The maximum absolute atomic E-state index is 12.1. The van der Waals surface area contributed by atoms with Crippen LogP contribution in [-0.4, -0.2) is 33.3 Å². The highest BCUT2D eigenvalue weighted by Crippen LogP contribution is 2.47. The third-order valence-electron chi connectivity index (χ3n) is 5.28. The molecule has 1 heterocycles. The molecule has 2 saturated carbocycles. The zero-order valence-electron chi connectivity index (χ0n) is 11.6. The van der Waals surface area contributed by atoms with Gasteiger partial charge in [-0.2, -0.15) is 0 Å². The lowest BCUT2D eigenvalue weighted by molar-refractivity contribution is 0.332. The summed E-state index contributed by atoms with van der Waals surface area (Å²) in [4.78, 5) is 0. The molecule has 0 spiro atoms. The highest BCUT2D eigenvalue weighted by atomic mass is 32.2. The van der Waals surface area contributed by atoms with Crippen LogP contribution in [0.5, 0.6) is 0 Å². The van der Waals surface area contributed by atoms with Crippen LogP contribution in [0.4, 0.5) is 0 Å². The zero-order chi connectivity index (χ0) is 13.3. The van der Waals surface area contributed by atoms with Crippen molar-refractivity contribution in [3.05, 3.63) is 0 Å². The lowest BCUT2D eigenvalue weighted by atomic mass is 9.89. The quantitative estimate of drug-likeness (QED) is 0.805. The number of hydrogen-bond donors (Lipinski definition) is 2. The fourth-order valence-corrected chi connectivity index (χ4v) is 5.65. The summed E-state index contributed by atoms with van der Waals surface area (Å²) in [5, 5.41) is 3.31. The minimum Gasteiger partial charge on any atom is -0.313 e. The maximum atomic E-state index is 12.1. The summed E-state index contributed by atoms with van der Waals surface area (Å²) in [6.45, 7) is 1.64. The average molecular weight is 286 g/mol. The normalized spacial score (nSPS) is 38.7. The van der Waals surface area contributed by atoms with Crippen molar-refractivity contribution in [2.45, 2.75) is 51.0 Å². The van der Waals surface area contributed by atoms with Gasteiger partial charge in [-0.15, -0.1) is 0 Å². The first-order valence-electron chi connectivity index (χ1n) is 7.83. The van der Waals surface area contributed by atoms with Gasteiger partial charge in [-0.25, -0.2) is 13.1 Å². The van der Waals surface area contributed by atoms with Crippen molar-refractivity contribution in [3.63, 3.8) is 0 Å². The molecule has 1 aliphatic heterocycles. The Kier molecular flexibility index (Phi) is 4.15. The first-order valence-corrected chi connectivity index (χ1v) is 9.48. The Morgan fingerprint density at radius 3 is 2.63 bits per heavy atom. The van der Waals surface area contributed by atoms with Gasteiger partial charge in [0.05, 0.1) is 5.75 Å². The molecule has 4 atom stereocenters. The fraction of sp³-hybridized carbons (Fsp3) is 1.00. The molecule has 4 unspecified atom stereocenters. The molecule has 3 rings (SSSR count). The van der Waals surface area contributed by atoms with E-state index < -0.39 is 10.0 Å². The Labute approximate surface area is 116 Å². The molecule has 19 heavy (non-hydrogen) atoms. The van der Waals surface area contributed by atoms with Gasteiger partial charge in [0.1, 0.15) is 0 Å². The van der Waals surface area contributed by atoms with E-state index in [4.69, 9.17) is 0 Å². The predicted molar refractivity (Wildman–Crippen MR) is 76.4 cm³/mol. The number of rotatable bonds is 5. The maximum Gasteiger partial charge on any atom is 0.213 e. The van der Waals surface area contributed by atoms with E-state index in [9.17, 15) is 8.42 Å². The first-order chi connectivity index (χ1) is 9.12. The lowest BCUT2D eigenvalue weighted by Gasteiger charge is -2.25. The van der Waals surface area contributed by atoms with Gasteiger partial charge in [0, 0.05) is 12.6 Å². The zero-order valence-corrected chi connectivity index (χ0v) is 12.4. The highest BCUT2D eigenvalue weighted by Gasteiger charge is 2.39. The van der Waals surface area contributed by atoms with Crippen LogP contribution in [0.3, 0.4) is 0 Å². The lowest BCUT2D eigenvalue weighted by Crippen LogP contribution is -2.43. The molecule has 0 aromatic rings. The third kappa shape index (κ3) is 3.50. The second-order valence-electron chi connectivity index (χ2n) is 6.71. The minimum atomic E-state index is -3.10. The van der Waals surface area contributed by atoms with Gasteiger partial charge < -0.3 is 5.32 Å². The second-order valence-corrected chi connectivity index (χ2v) is 8.56. The molecule has 0 aromatic carbocycles. The van der Waals surface area contributed by atoms with Crippen LogP contribution in [0, 0.1) is 17.8 Å². The predicted octanol–water partition coefficient (Wildman–Crippen LogP) is 1.48. The molecule has 5 heteroatoms. The number of fused-ring (bicyclic) bond motifs is 2. The van der Waals surface area contributed by atoms with Crippen molar-refractivity contribution in [1.82, 2.24) is 10.0 Å². The van der Waals surface area contributed by atoms with E-state index in [1.54, 1.807) is 0 Å². The number of nitrogens with one attached hydrogen (secondary N) is 2. The summed E-state index contributed by atoms with van der Waals surface area (Å²) in [6, 6.07) is 0.159. The van der Waals surface area contributed by atoms with Crippen molar-refractivity contribution < 1.29 is 8.42 Å². The molecule has 2 aliphatic carbocycles. The number of piperidine rings is 1. The van der Waals surface area contributed by atoms with Gasteiger partial charge in [-0.3, -0.25) is 0 Å². The van der Waals surface area contributed by atoms with E-state index in [-0.39, 0.29) is 11.8 Å². The van der Waals surface area contributed by atoms with Crippen molar-refractivity contribution in [3.8, 4) is 0 Å². The van der Waals surface area contributed by atoms with Crippen LogP contribution in [0.25, 0.3) is 0 Å². The van der Waals surface area contributed by atoms with Gasteiger partial charge in [-0.1, -0.05) is 12.8 Å². The Hall–Kier alpha value is -0.130. The van der Waals surface area contributed by atoms with E-state index >= 15 is 0 Å². The largest absolute Gasteiger partial charge is 0.313 e. The van der Waals surface area contributed by atoms with Gasteiger partial charge in [0.15, 0.2) is 0 Å². The average Bonchev–Trinajstić information content (AvgIpc) is 2.99. The van der Waals surface area contributed by atoms with Crippen LogP contribution in [0.1, 0.15) is 44.9 Å². The topological polar surface area (TPSA) is 58.2 Å². The summed E-state index contributed by atoms with van der Waals surface area (Å²) < 4.78 is 27.1. The molecule has 0 aromatic heterocycles. The number of sulfonamides is 1. The van der Waals surface area contributed by atoms with E-state index in [1.807, 2.05) is 0 Å². The number of hydrogen-bond acceptors (Lipinski definition) is 3. The molecule has 110 valence electrons. The molecule has 0 radical (unpaired) electrons. The second kappa shape index (κ2) is 5.70. The summed E-state index contributed by atoms with van der Waals surface area (Å²) in [5.41, 5.74) is 0. The van der Waals surface area contributed by atoms with E-state index in [2.05, 4.69) is 10.0 Å². The molecular weight excluding hydrogens is 260 g/mol. The Bertz CT molecular complexity index is 404. The van der Waals surface area contributed by atoms with Crippen molar-refractivity contribution in [1.29, 1.82) is 0 Å². The molecule has 4 nitrogen and oxygen atoms in total. The molecule has 2 N–H and O–H groups in total. The van der Waals surface area contributed by atoms with Gasteiger partial charge in [0.2, 0.25) is 10.0 Å². The monoisotopic (exact) mass is 286 g/mol. The van der Waals surface area contributed by atoms with Crippen LogP contribution in [-0.2, 0) is 10.0 Å². The van der Waals surface area contributed by atoms with Crippen molar-refractivity contribution in [2.24, 2.45) is 17.8 Å². The SMILES string of the molecule is O=S(=O)(CC1CCCCN1)NCC1CC2CCC1C2. The summed E-state index contributed by atoms with van der Waals surface area (Å²) in [6.07, 6.45) is 8.61. The molecule has 2 bridgehead atoms. The van der Waals surface area contributed by atoms with Gasteiger partial charge in [0.25, 0.3) is 0 Å². The Morgan fingerprint density at radius 1 is 1.11 bits per heavy atom. The van der Waals surface area contributed by atoms with Crippen LogP contribution in [0.2, 0.25) is 0 Å². The molecule has 0 amide bonds. The first kappa shape index (κ1) is 13.8. The van der Waals surface area contributed by atoms with Crippen molar-refractivity contribution in [2.75, 3.05) is 18.8 Å². The molecule has 1 saturated heterocycles. The summed E-state index contributed by atoms with van der Waals surface area (Å²) in [5.74, 6) is 2.54. The summed E-state index contributed by atoms with van der Waals surface area (Å²) >= 11 is 0. The highest BCUT2D eigenvalue weighted by molar-refractivity contribution is 7.89. The third-order valence-corrected chi connectivity index (χ3v) is 6.73. The van der Waals surface area contributed by atoms with Gasteiger partial charge >= 0.3 is 0 Å². The van der Waals surface area contributed by atoms with Crippen LogP contribution in [0.15, 0.2) is 0 Å².